The molecule has 0 saturated carbocycles. The molecule has 0 aliphatic heterocycles. The van der Waals surface area contributed by atoms with Crippen LogP contribution in [0.2, 0.25) is 0 Å². The van der Waals surface area contributed by atoms with Gasteiger partial charge in [0.15, 0.2) is 11.6 Å². The van der Waals surface area contributed by atoms with Crippen LogP contribution < -0.4 is 10.5 Å². The molecule has 0 saturated heterocycles. The second kappa shape index (κ2) is 5.69. The minimum atomic E-state index is -4.79. The molecule has 0 aliphatic carbocycles. The lowest BCUT2D eigenvalue weighted by molar-refractivity contribution is -0.274. The van der Waals surface area contributed by atoms with E-state index < -0.39 is 29.8 Å². The zero-order valence-electron chi connectivity index (χ0n) is 10.5. The number of benzene rings is 2. The second-order valence-corrected chi connectivity index (χ2v) is 4.24. The Hall–Kier alpha value is -2.15. The minimum absolute atomic E-state index is 0.0838. The van der Waals surface area contributed by atoms with Gasteiger partial charge in [-0.2, -0.15) is 0 Å². The molecule has 2 nitrogen and oxygen atoms in total. The molecule has 7 heteroatoms. The van der Waals surface area contributed by atoms with E-state index in [9.17, 15) is 22.0 Å². The summed E-state index contributed by atoms with van der Waals surface area (Å²) >= 11 is 0. The van der Waals surface area contributed by atoms with Gasteiger partial charge in [0, 0.05) is 5.56 Å². The van der Waals surface area contributed by atoms with Gasteiger partial charge in [-0.25, -0.2) is 8.78 Å². The number of alkyl halides is 3. The molecule has 0 aliphatic rings. The van der Waals surface area contributed by atoms with Crippen LogP contribution >= 0.6 is 0 Å². The monoisotopic (exact) mass is 303 g/mol. The van der Waals surface area contributed by atoms with Gasteiger partial charge >= 0.3 is 6.36 Å². The molecular weight excluding hydrogens is 293 g/mol. The number of rotatable bonds is 3. The summed E-state index contributed by atoms with van der Waals surface area (Å²) in [5.41, 5.74) is 6.04. The number of hydrogen-bond donors (Lipinski definition) is 1. The number of hydrogen-bond acceptors (Lipinski definition) is 2. The third-order valence-corrected chi connectivity index (χ3v) is 2.79. The van der Waals surface area contributed by atoms with Crippen LogP contribution in [-0.4, -0.2) is 6.36 Å². The van der Waals surface area contributed by atoms with Crippen molar-refractivity contribution in [3.8, 4) is 5.75 Å². The molecule has 0 aromatic heterocycles. The SMILES string of the molecule is NC(c1ccc(OC(F)(F)F)cc1)c1cccc(F)c1F. The van der Waals surface area contributed by atoms with E-state index in [0.717, 1.165) is 18.2 Å². The minimum Gasteiger partial charge on any atom is -0.406 e. The number of ether oxygens (including phenoxy) is 1. The van der Waals surface area contributed by atoms with E-state index in [-0.39, 0.29) is 5.56 Å². The maximum absolute atomic E-state index is 13.6. The lowest BCUT2D eigenvalue weighted by atomic mass is 9.99. The Morgan fingerprint density at radius 1 is 0.952 bits per heavy atom. The fraction of sp³-hybridized carbons (Fsp3) is 0.143. The fourth-order valence-electron chi connectivity index (χ4n) is 1.82. The molecule has 0 bridgehead atoms. The van der Waals surface area contributed by atoms with E-state index >= 15 is 0 Å². The summed E-state index contributed by atoms with van der Waals surface area (Å²) in [7, 11) is 0. The second-order valence-electron chi connectivity index (χ2n) is 4.24. The van der Waals surface area contributed by atoms with Crippen molar-refractivity contribution in [3.63, 3.8) is 0 Å². The molecule has 0 amide bonds. The van der Waals surface area contributed by atoms with Gasteiger partial charge in [0.1, 0.15) is 5.75 Å². The van der Waals surface area contributed by atoms with Gasteiger partial charge < -0.3 is 10.5 Å². The van der Waals surface area contributed by atoms with Crippen LogP contribution in [0, 0.1) is 11.6 Å². The molecule has 2 rings (SSSR count). The molecule has 21 heavy (non-hydrogen) atoms. The Bertz CT molecular complexity index is 624. The molecule has 0 fully saturated rings. The van der Waals surface area contributed by atoms with Gasteiger partial charge in [-0.1, -0.05) is 24.3 Å². The molecule has 0 spiro atoms. The quantitative estimate of drug-likeness (QED) is 0.873. The molecular formula is C14H10F5NO. The summed E-state index contributed by atoms with van der Waals surface area (Å²) in [5.74, 6) is -2.54. The Balaban J connectivity index is 2.24. The van der Waals surface area contributed by atoms with Crippen molar-refractivity contribution in [2.45, 2.75) is 12.4 Å². The van der Waals surface area contributed by atoms with Crippen LogP contribution in [0.25, 0.3) is 0 Å². The Labute approximate surface area is 116 Å². The van der Waals surface area contributed by atoms with Gasteiger partial charge in [0.25, 0.3) is 0 Å². The fourth-order valence-corrected chi connectivity index (χ4v) is 1.82. The van der Waals surface area contributed by atoms with Crippen molar-refractivity contribution >= 4 is 0 Å². The van der Waals surface area contributed by atoms with Gasteiger partial charge in [-0.05, 0) is 23.8 Å². The van der Waals surface area contributed by atoms with Crippen LogP contribution in [-0.2, 0) is 0 Å². The van der Waals surface area contributed by atoms with Gasteiger partial charge in [0.2, 0.25) is 0 Å². The number of nitrogens with two attached hydrogens (primary N) is 1. The summed E-state index contributed by atoms with van der Waals surface area (Å²) in [6.45, 7) is 0. The molecule has 0 radical (unpaired) electrons. The lowest BCUT2D eigenvalue weighted by Gasteiger charge is -2.15. The normalized spacial score (nSPS) is 13.0. The topological polar surface area (TPSA) is 35.2 Å². The molecule has 2 aromatic rings. The van der Waals surface area contributed by atoms with Crippen LogP contribution in [0.5, 0.6) is 5.75 Å². The molecule has 1 atom stereocenters. The Morgan fingerprint density at radius 2 is 1.57 bits per heavy atom. The summed E-state index contributed by atoms with van der Waals surface area (Å²) < 4.78 is 66.5. The van der Waals surface area contributed by atoms with E-state index in [2.05, 4.69) is 4.74 Å². The third kappa shape index (κ3) is 3.69. The van der Waals surface area contributed by atoms with Crippen LogP contribution in [0.4, 0.5) is 22.0 Å². The highest BCUT2D eigenvalue weighted by Gasteiger charge is 2.31. The van der Waals surface area contributed by atoms with E-state index in [4.69, 9.17) is 5.73 Å². The summed E-state index contributed by atoms with van der Waals surface area (Å²) in [6.07, 6.45) is -4.79. The predicted octanol–water partition coefficient (Wildman–Crippen LogP) is 3.91. The van der Waals surface area contributed by atoms with Crippen LogP contribution in [0.3, 0.4) is 0 Å². The van der Waals surface area contributed by atoms with E-state index in [0.29, 0.717) is 5.56 Å². The van der Waals surface area contributed by atoms with Crippen LogP contribution in [0.15, 0.2) is 42.5 Å². The highest BCUT2D eigenvalue weighted by molar-refractivity contribution is 5.36. The summed E-state index contributed by atoms with van der Waals surface area (Å²) in [4.78, 5) is 0. The molecule has 0 heterocycles. The van der Waals surface area contributed by atoms with Gasteiger partial charge in [-0.15, -0.1) is 13.2 Å². The zero-order valence-corrected chi connectivity index (χ0v) is 10.5. The molecule has 2 aromatic carbocycles. The maximum Gasteiger partial charge on any atom is 0.573 e. The first-order valence-electron chi connectivity index (χ1n) is 5.83. The van der Waals surface area contributed by atoms with Crippen molar-refractivity contribution in [1.82, 2.24) is 0 Å². The summed E-state index contributed by atoms with van der Waals surface area (Å²) in [5, 5.41) is 0. The lowest BCUT2D eigenvalue weighted by Crippen LogP contribution is -2.17. The average Bonchev–Trinajstić information content (AvgIpc) is 2.40. The predicted molar refractivity (Wildman–Crippen MR) is 65.5 cm³/mol. The van der Waals surface area contributed by atoms with E-state index in [1.54, 1.807) is 0 Å². The van der Waals surface area contributed by atoms with Crippen molar-refractivity contribution in [1.29, 1.82) is 0 Å². The largest absolute Gasteiger partial charge is 0.573 e. The highest BCUT2D eigenvalue weighted by atomic mass is 19.4. The smallest absolute Gasteiger partial charge is 0.406 e. The number of halogens is 5. The third-order valence-electron chi connectivity index (χ3n) is 2.79. The summed E-state index contributed by atoms with van der Waals surface area (Å²) in [6, 6.07) is 7.19. The van der Waals surface area contributed by atoms with Gasteiger partial charge in [0.05, 0.1) is 6.04 Å². The van der Waals surface area contributed by atoms with Crippen LogP contribution in [0.1, 0.15) is 17.2 Å². The molecule has 112 valence electrons. The standard InChI is InChI=1S/C14H10F5NO/c15-11-3-1-2-10(12(11)16)13(20)8-4-6-9(7-5-8)21-14(17,18)19/h1-7,13H,20H2. The Morgan fingerprint density at radius 3 is 2.14 bits per heavy atom. The first-order valence-corrected chi connectivity index (χ1v) is 5.83. The first kappa shape index (κ1) is 15.2. The van der Waals surface area contributed by atoms with Crippen molar-refractivity contribution < 1.29 is 26.7 Å². The highest BCUT2D eigenvalue weighted by Crippen LogP contribution is 2.27. The zero-order chi connectivity index (χ0) is 15.6. The van der Waals surface area contributed by atoms with Crippen molar-refractivity contribution in [3.05, 3.63) is 65.2 Å². The van der Waals surface area contributed by atoms with Crippen molar-refractivity contribution in [2.75, 3.05) is 0 Å². The average molecular weight is 303 g/mol. The van der Waals surface area contributed by atoms with E-state index in [1.165, 1.54) is 24.3 Å². The maximum atomic E-state index is 13.6. The first-order chi connectivity index (χ1) is 9.78. The Kier molecular flexibility index (Phi) is 4.13. The van der Waals surface area contributed by atoms with Gasteiger partial charge in [-0.3, -0.25) is 0 Å². The van der Waals surface area contributed by atoms with E-state index in [1.807, 2.05) is 0 Å². The molecule has 2 N–H and O–H groups in total. The molecule has 1 unspecified atom stereocenters. The van der Waals surface area contributed by atoms with Crippen molar-refractivity contribution in [2.24, 2.45) is 5.73 Å².